The third-order valence-corrected chi connectivity index (χ3v) is 4.66. The van der Waals surface area contributed by atoms with Gasteiger partial charge in [-0.1, -0.05) is 26.0 Å². The molecule has 3 N–H and O–H groups in total. The van der Waals surface area contributed by atoms with Crippen LogP contribution in [-0.4, -0.2) is 44.6 Å². The van der Waals surface area contributed by atoms with Gasteiger partial charge in [-0.15, -0.1) is 0 Å². The fourth-order valence-electron chi connectivity index (χ4n) is 2.06. The molecule has 0 saturated carbocycles. The van der Waals surface area contributed by atoms with Crippen molar-refractivity contribution < 1.29 is 8.42 Å². The first kappa shape index (κ1) is 18.4. The smallest absolute Gasteiger partial charge is 0.211 e. The molecule has 0 aromatic heterocycles. The second-order valence-corrected chi connectivity index (χ2v) is 7.04. The minimum atomic E-state index is -3.13. The summed E-state index contributed by atoms with van der Waals surface area (Å²) in [4.78, 5) is 4.23. The molecule has 0 unspecified atom stereocenters. The molecule has 6 nitrogen and oxygen atoms in total. The zero-order chi connectivity index (χ0) is 16.6. The molecule has 0 atom stereocenters. The molecule has 0 aliphatic carbocycles. The molecule has 0 heterocycles. The summed E-state index contributed by atoms with van der Waals surface area (Å²) in [6.07, 6.45) is 2.82. The summed E-state index contributed by atoms with van der Waals surface area (Å²) in [7, 11) is -3.13. The lowest BCUT2D eigenvalue weighted by Gasteiger charge is -2.16. The van der Waals surface area contributed by atoms with E-state index in [0.717, 1.165) is 12.1 Å². The number of hydrogen-bond acceptors (Lipinski definition) is 3. The van der Waals surface area contributed by atoms with Crippen LogP contribution < -0.4 is 11.1 Å². The predicted molar refractivity (Wildman–Crippen MR) is 92.6 cm³/mol. The van der Waals surface area contributed by atoms with E-state index >= 15 is 0 Å². The van der Waals surface area contributed by atoms with Crippen LogP contribution in [0.2, 0.25) is 0 Å². The number of nitrogens with one attached hydrogen (secondary N) is 1. The molecule has 1 aromatic rings. The molecular formula is C15H26N4O2S. The lowest BCUT2D eigenvalue weighted by atomic mass is 10.1. The normalized spacial score (nSPS) is 12.6. The van der Waals surface area contributed by atoms with Gasteiger partial charge in [0, 0.05) is 25.3 Å². The summed E-state index contributed by atoms with van der Waals surface area (Å²) >= 11 is 0. The molecule has 0 saturated heterocycles. The number of benzene rings is 1. The van der Waals surface area contributed by atoms with Crippen molar-refractivity contribution in [2.45, 2.75) is 26.7 Å². The number of hydrogen-bond donors (Lipinski definition) is 2. The van der Waals surface area contributed by atoms with Crippen LogP contribution in [0.25, 0.3) is 0 Å². The molecule has 7 heteroatoms. The number of guanidine groups is 1. The van der Waals surface area contributed by atoms with E-state index in [4.69, 9.17) is 5.73 Å². The molecule has 0 spiro atoms. The first-order chi connectivity index (χ1) is 10.4. The second kappa shape index (κ2) is 8.75. The molecule has 1 rings (SSSR count). The van der Waals surface area contributed by atoms with E-state index in [1.807, 2.05) is 25.1 Å². The van der Waals surface area contributed by atoms with Gasteiger partial charge in [0.1, 0.15) is 0 Å². The van der Waals surface area contributed by atoms with Crippen molar-refractivity contribution in [3.63, 3.8) is 0 Å². The minimum Gasteiger partial charge on any atom is -0.370 e. The van der Waals surface area contributed by atoms with E-state index in [0.29, 0.717) is 32.0 Å². The van der Waals surface area contributed by atoms with Crippen molar-refractivity contribution in [1.29, 1.82) is 0 Å². The monoisotopic (exact) mass is 326 g/mol. The Balaban J connectivity index is 2.46. The Hall–Kier alpha value is -1.60. The molecule has 0 aliphatic rings. The maximum absolute atomic E-state index is 11.4. The lowest BCUT2D eigenvalue weighted by molar-refractivity contribution is 0.427. The van der Waals surface area contributed by atoms with Gasteiger partial charge in [0.15, 0.2) is 5.96 Å². The highest BCUT2D eigenvalue weighted by molar-refractivity contribution is 7.88. The van der Waals surface area contributed by atoms with E-state index < -0.39 is 10.0 Å². The highest BCUT2D eigenvalue weighted by Gasteiger charge is 2.12. The van der Waals surface area contributed by atoms with Crippen molar-refractivity contribution in [1.82, 2.24) is 4.31 Å². The van der Waals surface area contributed by atoms with E-state index in [1.54, 1.807) is 0 Å². The van der Waals surface area contributed by atoms with Crippen LogP contribution in [0.3, 0.4) is 0 Å². The average Bonchev–Trinajstić information content (AvgIpc) is 2.46. The van der Waals surface area contributed by atoms with Crippen molar-refractivity contribution >= 4 is 21.7 Å². The highest BCUT2D eigenvalue weighted by atomic mass is 32.2. The van der Waals surface area contributed by atoms with Crippen LogP contribution in [-0.2, 0) is 16.4 Å². The number of anilines is 1. The Bertz CT molecular complexity index is 599. The van der Waals surface area contributed by atoms with E-state index in [9.17, 15) is 8.42 Å². The Labute approximate surface area is 133 Å². The molecule has 0 aliphatic heterocycles. The van der Waals surface area contributed by atoms with Crippen LogP contribution in [0, 0.1) is 0 Å². The van der Waals surface area contributed by atoms with E-state index in [1.165, 1.54) is 16.1 Å². The van der Waals surface area contributed by atoms with Crippen LogP contribution >= 0.6 is 0 Å². The number of aryl methyl sites for hydroxylation is 1. The maximum Gasteiger partial charge on any atom is 0.211 e. The van der Waals surface area contributed by atoms with Gasteiger partial charge in [-0.05, 0) is 30.5 Å². The summed E-state index contributed by atoms with van der Waals surface area (Å²) in [5, 5.41) is 3.04. The fourth-order valence-corrected chi connectivity index (χ4v) is 2.99. The summed E-state index contributed by atoms with van der Waals surface area (Å²) < 4.78 is 24.3. The van der Waals surface area contributed by atoms with Gasteiger partial charge in [0.25, 0.3) is 0 Å². The SMILES string of the molecule is CCc1cccc(NC(N)=NCCCN(CC)S(C)(=O)=O)c1. The first-order valence-electron chi connectivity index (χ1n) is 7.47. The third kappa shape index (κ3) is 6.44. The summed E-state index contributed by atoms with van der Waals surface area (Å²) in [5.74, 6) is 0.343. The number of nitrogens with two attached hydrogens (primary N) is 1. The van der Waals surface area contributed by atoms with Gasteiger partial charge in [0.05, 0.1) is 6.26 Å². The Morgan fingerprint density at radius 1 is 1.36 bits per heavy atom. The maximum atomic E-state index is 11.4. The van der Waals surface area contributed by atoms with Gasteiger partial charge in [-0.2, -0.15) is 0 Å². The Morgan fingerprint density at radius 2 is 2.09 bits per heavy atom. The molecule has 124 valence electrons. The van der Waals surface area contributed by atoms with Gasteiger partial charge in [-0.25, -0.2) is 12.7 Å². The zero-order valence-corrected chi connectivity index (χ0v) is 14.4. The predicted octanol–water partition coefficient (Wildman–Crippen LogP) is 1.65. The molecule has 0 amide bonds. The van der Waals surface area contributed by atoms with Crippen molar-refractivity contribution in [2.24, 2.45) is 10.7 Å². The Kier molecular flexibility index (Phi) is 7.34. The summed E-state index contributed by atoms with van der Waals surface area (Å²) in [6, 6.07) is 8.00. The topological polar surface area (TPSA) is 87.8 Å². The van der Waals surface area contributed by atoms with E-state index in [2.05, 4.69) is 23.3 Å². The van der Waals surface area contributed by atoms with Crippen LogP contribution in [0.1, 0.15) is 25.8 Å². The molecule has 0 fully saturated rings. The molecule has 0 bridgehead atoms. The van der Waals surface area contributed by atoms with E-state index in [-0.39, 0.29) is 0 Å². The second-order valence-electron chi connectivity index (χ2n) is 5.05. The van der Waals surface area contributed by atoms with Crippen LogP contribution in [0.4, 0.5) is 5.69 Å². The van der Waals surface area contributed by atoms with Gasteiger partial charge in [0.2, 0.25) is 10.0 Å². The van der Waals surface area contributed by atoms with Crippen LogP contribution in [0.15, 0.2) is 29.3 Å². The third-order valence-electron chi connectivity index (χ3n) is 3.28. The number of nitrogens with zero attached hydrogens (tertiary/aromatic N) is 2. The first-order valence-corrected chi connectivity index (χ1v) is 9.32. The fraction of sp³-hybridized carbons (Fsp3) is 0.533. The number of sulfonamides is 1. The van der Waals surface area contributed by atoms with Gasteiger partial charge in [-0.3, -0.25) is 4.99 Å². The standard InChI is InChI=1S/C15H26N4O2S/c1-4-13-8-6-9-14(12-13)18-15(16)17-10-7-11-19(5-2)22(3,20)21/h6,8-9,12H,4-5,7,10-11H2,1-3H3,(H3,16,17,18). The van der Waals surface area contributed by atoms with Crippen molar-refractivity contribution in [3.05, 3.63) is 29.8 Å². The largest absolute Gasteiger partial charge is 0.370 e. The zero-order valence-electron chi connectivity index (χ0n) is 13.5. The quantitative estimate of drug-likeness (QED) is 0.432. The molecular weight excluding hydrogens is 300 g/mol. The summed E-state index contributed by atoms with van der Waals surface area (Å²) in [6.45, 7) is 5.33. The molecule has 1 aromatic carbocycles. The summed E-state index contributed by atoms with van der Waals surface area (Å²) in [5.41, 5.74) is 7.98. The molecule has 22 heavy (non-hydrogen) atoms. The average molecular weight is 326 g/mol. The van der Waals surface area contributed by atoms with Crippen molar-refractivity contribution in [3.8, 4) is 0 Å². The van der Waals surface area contributed by atoms with Gasteiger partial charge >= 0.3 is 0 Å². The Morgan fingerprint density at radius 3 is 2.68 bits per heavy atom. The van der Waals surface area contributed by atoms with Crippen LogP contribution in [0.5, 0.6) is 0 Å². The molecule has 0 radical (unpaired) electrons. The number of rotatable bonds is 8. The minimum absolute atomic E-state index is 0.343. The number of aliphatic imine (C=N–C) groups is 1. The lowest BCUT2D eigenvalue weighted by Crippen LogP contribution is -2.31. The van der Waals surface area contributed by atoms with Gasteiger partial charge < -0.3 is 11.1 Å². The van der Waals surface area contributed by atoms with Crippen molar-refractivity contribution in [2.75, 3.05) is 31.2 Å². The highest BCUT2D eigenvalue weighted by Crippen LogP contribution is 2.10.